The molecule has 1 aliphatic rings. The Hall–Kier alpha value is -2.22. The number of methoxy groups -OCH3 is 1. The number of ether oxygens (including phenoxy) is 1. The molecular formula is C12H13N3O2. The molecule has 88 valence electrons. The highest BCUT2D eigenvalue weighted by atomic mass is 16.5. The van der Waals surface area contributed by atoms with E-state index in [0.717, 1.165) is 12.8 Å². The van der Waals surface area contributed by atoms with E-state index in [1.54, 1.807) is 18.2 Å². The lowest BCUT2D eigenvalue weighted by atomic mass is 10.2. The van der Waals surface area contributed by atoms with Gasteiger partial charge in [0.05, 0.1) is 24.4 Å². The van der Waals surface area contributed by atoms with Gasteiger partial charge in [-0.15, -0.1) is 0 Å². The van der Waals surface area contributed by atoms with Crippen LogP contribution in [0.5, 0.6) is 5.75 Å². The van der Waals surface area contributed by atoms with Crippen molar-refractivity contribution in [1.29, 1.82) is 5.26 Å². The lowest BCUT2D eigenvalue weighted by Crippen LogP contribution is -2.30. The van der Waals surface area contributed by atoms with Crippen molar-refractivity contribution < 1.29 is 9.53 Å². The second-order valence-corrected chi connectivity index (χ2v) is 3.90. The van der Waals surface area contributed by atoms with Crippen molar-refractivity contribution in [3.63, 3.8) is 0 Å². The topological polar surface area (TPSA) is 74.1 Å². The highest BCUT2D eigenvalue weighted by Gasteiger charge is 2.23. The highest BCUT2D eigenvalue weighted by Crippen LogP contribution is 2.25. The van der Waals surface area contributed by atoms with Gasteiger partial charge in [-0.2, -0.15) is 5.26 Å². The van der Waals surface area contributed by atoms with Crippen LogP contribution in [-0.2, 0) is 0 Å². The molecule has 0 spiro atoms. The van der Waals surface area contributed by atoms with Crippen molar-refractivity contribution in [1.82, 2.24) is 5.32 Å². The summed E-state index contributed by atoms with van der Waals surface area (Å²) in [5, 5.41) is 14.3. The minimum Gasteiger partial charge on any atom is -0.495 e. The summed E-state index contributed by atoms with van der Waals surface area (Å²) in [6.45, 7) is 0. The Kier molecular flexibility index (Phi) is 3.15. The Labute approximate surface area is 99.4 Å². The fraction of sp³-hybridized carbons (Fsp3) is 0.333. The van der Waals surface area contributed by atoms with Gasteiger partial charge in [-0.3, -0.25) is 0 Å². The SMILES string of the molecule is COc1cc(C#N)ccc1NC(=O)NC1CC1. The molecule has 2 N–H and O–H groups in total. The van der Waals surface area contributed by atoms with Crippen LogP contribution >= 0.6 is 0 Å². The van der Waals surface area contributed by atoms with E-state index in [-0.39, 0.29) is 6.03 Å². The Bertz CT molecular complexity index is 475. The third-order valence-corrected chi connectivity index (χ3v) is 2.49. The standard InChI is InChI=1S/C12H13N3O2/c1-17-11-6-8(7-13)2-5-10(11)15-12(16)14-9-3-4-9/h2,5-6,9H,3-4H2,1H3,(H2,14,15,16). The summed E-state index contributed by atoms with van der Waals surface area (Å²) >= 11 is 0. The molecule has 5 nitrogen and oxygen atoms in total. The monoisotopic (exact) mass is 231 g/mol. The molecule has 1 aromatic rings. The molecule has 0 heterocycles. The van der Waals surface area contributed by atoms with Crippen LogP contribution in [0, 0.1) is 11.3 Å². The van der Waals surface area contributed by atoms with Crippen LogP contribution < -0.4 is 15.4 Å². The number of nitrogens with zero attached hydrogens (tertiary/aromatic N) is 1. The fourth-order valence-corrected chi connectivity index (χ4v) is 1.44. The molecule has 1 aromatic carbocycles. The minimum atomic E-state index is -0.240. The van der Waals surface area contributed by atoms with Gasteiger partial charge in [-0.05, 0) is 25.0 Å². The van der Waals surface area contributed by atoms with E-state index >= 15 is 0 Å². The number of urea groups is 1. The first kappa shape index (κ1) is 11.3. The lowest BCUT2D eigenvalue weighted by Gasteiger charge is -2.10. The first-order valence-corrected chi connectivity index (χ1v) is 5.38. The smallest absolute Gasteiger partial charge is 0.319 e. The zero-order valence-corrected chi connectivity index (χ0v) is 9.49. The van der Waals surface area contributed by atoms with E-state index in [1.807, 2.05) is 6.07 Å². The molecule has 5 heteroatoms. The van der Waals surface area contributed by atoms with Gasteiger partial charge in [0, 0.05) is 12.1 Å². The average Bonchev–Trinajstić information content (AvgIpc) is 3.13. The predicted molar refractivity (Wildman–Crippen MR) is 62.9 cm³/mol. The second kappa shape index (κ2) is 4.74. The molecule has 2 rings (SSSR count). The Balaban J connectivity index is 2.08. The molecular weight excluding hydrogens is 218 g/mol. The van der Waals surface area contributed by atoms with Gasteiger partial charge in [-0.1, -0.05) is 0 Å². The number of anilines is 1. The maximum atomic E-state index is 11.5. The van der Waals surface area contributed by atoms with E-state index in [9.17, 15) is 4.79 Å². The van der Waals surface area contributed by atoms with E-state index in [2.05, 4.69) is 10.6 Å². The van der Waals surface area contributed by atoms with Gasteiger partial charge in [-0.25, -0.2) is 4.79 Å². The van der Waals surface area contributed by atoms with Crippen LogP contribution in [0.2, 0.25) is 0 Å². The van der Waals surface area contributed by atoms with Crippen molar-refractivity contribution in [2.75, 3.05) is 12.4 Å². The van der Waals surface area contributed by atoms with Gasteiger partial charge in [0.1, 0.15) is 5.75 Å². The molecule has 0 bridgehead atoms. The number of nitrogens with one attached hydrogen (secondary N) is 2. The van der Waals surface area contributed by atoms with Crippen molar-refractivity contribution >= 4 is 11.7 Å². The number of rotatable bonds is 3. The molecule has 0 radical (unpaired) electrons. The summed E-state index contributed by atoms with van der Waals surface area (Å²) in [5.74, 6) is 0.481. The van der Waals surface area contributed by atoms with Crippen molar-refractivity contribution in [2.45, 2.75) is 18.9 Å². The summed E-state index contributed by atoms with van der Waals surface area (Å²) in [6.07, 6.45) is 2.08. The van der Waals surface area contributed by atoms with Crippen LogP contribution in [0.25, 0.3) is 0 Å². The zero-order chi connectivity index (χ0) is 12.3. The molecule has 0 unspecified atom stereocenters. The largest absolute Gasteiger partial charge is 0.495 e. The molecule has 0 aliphatic heterocycles. The first-order valence-electron chi connectivity index (χ1n) is 5.38. The van der Waals surface area contributed by atoms with Crippen LogP contribution in [0.4, 0.5) is 10.5 Å². The highest BCUT2D eigenvalue weighted by molar-refractivity contribution is 5.91. The van der Waals surface area contributed by atoms with Crippen molar-refractivity contribution in [3.8, 4) is 11.8 Å². The summed E-state index contributed by atoms with van der Waals surface area (Å²) in [4.78, 5) is 11.5. The zero-order valence-electron chi connectivity index (χ0n) is 9.49. The Morgan fingerprint density at radius 2 is 2.29 bits per heavy atom. The van der Waals surface area contributed by atoms with E-state index in [0.29, 0.717) is 23.0 Å². The van der Waals surface area contributed by atoms with Gasteiger partial charge in [0.15, 0.2) is 0 Å². The molecule has 0 atom stereocenters. The second-order valence-electron chi connectivity index (χ2n) is 3.90. The Morgan fingerprint density at radius 3 is 2.88 bits per heavy atom. The number of carbonyl (C=O) groups excluding carboxylic acids is 1. The summed E-state index contributed by atoms with van der Waals surface area (Å²) < 4.78 is 5.12. The fourth-order valence-electron chi connectivity index (χ4n) is 1.44. The molecule has 0 saturated heterocycles. The lowest BCUT2D eigenvalue weighted by molar-refractivity contribution is 0.251. The molecule has 0 aromatic heterocycles. The maximum Gasteiger partial charge on any atom is 0.319 e. The number of amides is 2. The van der Waals surface area contributed by atoms with Crippen molar-refractivity contribution in [3.05, 3.63) is 23.8 Å². The number of hydrogen-bond acceptors (Lipinski definition) is 3. The van der Waals surface area contributed by atoms with Gasteiger partial charge in [0.2, 0.25) is 0 Å². The summed E-state index contributed by atoms with van der Waals surface area (Å²) in [6, 6.07) is 6.96. The molecule has 17 heavy (non-hydrogen) atoms. The number of hydrogen-bond donors (Lipinski definition) is 2. The van der Waals surface area contributed by atoms with E-state index in [1.165, 1.54) is 7.11 Å². The van der Waals surface area contributed by atoms with Crippen LogP contribution in [0.1, 0.15) is 18.4 Å². The molecule has 1 aliphatic carbocycles. The van der Waals surface area contributed by atoms with Gasteiger partial charge in [0.25, 0.3) is 0 Å². The van der Waals surface area contributed by atoms with Crippen molar-refractivity contribution in [2.24, 2.45) is 0 Å². The van der Waals surface area contributed by atoms with E-state index in [4.69, 9.17) is 10.00 Å². The van der Waals surface area contributed by atoms with Gasteiger partial charge >= 0.3 is 6.03 Å². The normalized spacial score (nSPS) is 13.6. The Morgan fingerprint density at radius 1 is 1.53 bits per heavy atom. The molecule has 2 amide bonds. The third-order valence-electron chi connectivity index (χ3n) is 2.49. The maximum absolute atomic E-state index is 11.5. The van der Waals surface area contributed by atoms with Gasteiger partial charge < -0.3 is 15.4 Å². The summed E-state index contributed by atoms with van der Waals surface area (Å²) in [7, 11) is 1.50. The quantitative estimate of drug-likeness (QED) is 0.833. The third kappa shape index (κ3) is 2.88. The number of benzene rings is 1. The van der Waals surface area contributed by atoms with Crippen LogP contribution in [0.3, 0.4) is 0 Å². The number of carbonyl (C=O) groups is 1. The summed E-state index contributed by atoms with van der Waals surface area (Å²) in [5.41, 5.74) is 1.06. The molecule has 1 fully saturated rings. The average molecular weight is 231 g/mol. The van der Waals surface area contributed by atoms with Crippen LogP contribution in [-0.4, -0.2) is 19.2 Å². The van der Waals surface area contributed by atoms with E-state index < -0.39 is 0 Å². The predicted octanol–water partition coefficient (Wildman–Crippen LogP) is 1.85. The minimum absolute atomic E-state index is 0.240. The number of nitriles is 1. The molecule has 1 saturated carbocycles. The van der Waals surface area contributed by atoms with Crippen LogP contribution in [0.15, 0.2) is 18.2 Å². The first-order chi connectivity index (χ1) is 8.22.